The highest BCUT2D eigenvalue weighted by atomic mass is 32.1. The first kappa shape index (κ1) is 26.2. The summed E-state index contributed by atoms with van der Waals surface area (Å²) in [4.78, 5) is 31.6. The first-order chi connectivity index (χ1) is 19.0. The number of anilines is 4. The number of rotatable bonds is 7. The Hall–Kier alpha value is -3.03. The van der Waals surface area contributed by atoms with Crippen LogP contribution in [0.25, 0.3) is 20.5 Å². The molecule has 12 heteroatoms. The summed E-state index contributed by atoms with van der Waals surface area (Å²) in [5.74, 6) is -0.598. The second-order valence-corrected chi connectivity index (χ2v) is 12.7. The second-order valence-electron chi connectivity index (χ2n) is 9.86. The predicted octanol–water partition coefficient (Wildman–Crippen LogP) is 4.81. The quantitative estimate of drug-likeness (QED) is 0.244. The van der Waals surface area contributed by atoms with Gasteiger partial charge in [0.1, 0.15) is 0 Å². The zero-order valence-electron chi connectivity index (χ0n) is 21.3. The maximum Gasteiger partial charge on any atom is 0.269 e. The Labute approximate surface area is 237 Å². The number of aromatic nitrogens is 1. The summed E-state index contributed by atoms with van der Waals surface area (Å²) in [6.45, 7) is 2.90. The van der Waals surface area contributed by atoms with Crippen molar-refractivity contribution < 1.29 is 9.53 Å². The van der Waals surface area contributed by atoms with E-state index >= 15 is 0 Å². The van der Waals surface area contributed by atoms with E-state index in [1.807, 2.05) is 17.5 Å². The zero-order chi connectivity index (χ0) is 26.9. The Morgan fingerprint density at radius 1 is 1.08 bits per heavy atom. The molecule has 0 spiro atoms. The highest BCUT2D eigenvalue weighted by Crippen LogP contribution is 2.41. The van der Waals surface area contributed by atoms with E-state index < -0.39 is 5.91 Å². The van der Waals surface area contributed by atoms with Crippen LogP contribution in [-0.2, 0) is 4.74 Å². The van der Waals surface area contributed by atoms with Gasteiger partial charge in [0.15, 0.2) is 11.1 Å². The first-order valence-electron chi connectivity index (χ1n) is 13.0. The number of fused-ring (bicyclic) bond motifs is 1. The molecule has 2 aliphatic rings. The van der Waals surface area contributed by atoms with Crippen LogP contribution in [0.5, 0.6) is 0 Å². The Kier molecular flexibility index (Phi) is 7.54. The number of ether oxygens (including phenoxy) is 1. The van der Waals surface area contributed by atoms with Crippen LogP contribution in [0, 0.1) is 0 Å². The fraction of sp³-hybridized carbons (Fsp3) is 0.370. The zero-order valence-corrected chi connectivity index (χ0v) is 23.7. The number of hydrogen-bond acceptors (Lipinski definition) is 11. The minimum Gasteiger partial charge on any atom is -0.379 e. The van der Waals surface area contributed by atoms with Crippen molar-refractivity contribution in [1.29, 1.82) is 0 Å². The Morgan fingerprint density at radius 2 is 1.90 bits per heavy atom. The molecular formula is C27H30N6O3S3. The smallest absolute Gasteiger partial charge is 0.269 e. The summed E-state index contributed by atoms with van der Waals surface area (Å²) in [5.41, 5.74) is 15.6. The number of hydrogen-bond donors (Lipinski definition) is 4. The molecule has 1 aliphatic carbocycles. The van der Waals surface area contributed by atoms with Crippen molar-refractivity contribution in [3.05, 3.63) is 51.1 Å². The van der Waals surface area contributed by atoms with Crippen LogP contribution in [0.3, 0.4) is 0 Å². The topological polar surface area (TPSA) is 136 Å². The fourth-order valence-corrected chi connectivity index (χ4v) is 8.34. The Morgan fingerprint density at radius 3 is 2.69 bits per heavy atom. The van der Waals surface area contributed by atoms with Gasteiger partial charge in [0.05, 0.1) is 50.2 Å². The summed E-state index contributed by atoms with van der Waals surface area (Å²) in [6, 6.07) is 5.91. The van der Waals surface area contributed by atoms with Gasteiger partial charge < -0.3 is 31.7 Å². The molecule has 0 bridgehead atoms. The lowest BCUT2D eigenvalue weighted by Crippen LogP contribution is -2.42. The number of morpholine rings is 1. The molecule has 204 valence electrons. The lowest BCUT2D eigenvalue weighted by molar-refractivity contribution is 0.0996. The maximum atomic E-state index is 12.9. The molecule has 39 heavy (non-hydrogen) atoms. The molecule has 1 saturated carbocycles. The van der Waals surface area contributed by atoms with Crippen molar-refractivity contribution in [1.82, 2.24) is 4.98 Å². The molecule has 4 aromatic rings. The van der Waals surface area contributed by atoms with Gasteiger partial charge in [-0.2, -0.15) is 0 Å². The molecule has 0 aromatic carbocycles. The first-order valence-corrected chi connectivity index (χ1v) is 15.6. The summed E-state index contributed by atoms with van der Waals surface area (Å²) in [6.07, 6.45) is 5.92. The fourth-order valence-electron chi connectivity index (χ4n) is 5.13. The van der Waals surface area contributed by atoms with Crippen molar-refractivity contribution in [3.8, 4) is 11.1 Å². The van der Waals surface area contributed by atoms with Gasteiger partial charge in [0.2, 0.25) is 0 Å². The number of nitrogens with one attached hydrogen (secondary N) is 2. The number of primary amides is 1. The highest BCUT2D eigenvalue weighted by molar-refractivity contribution is 7.28. The van der Waals surface area contributed by atoms with E-state index in [4.69, 9.17) is 16.2 Å². The van der Waals surface area contributed by atoms with Gasteiger partial charge in [-0.05, 0) is 30.5 Å². The van der Waals surface area contributed by atoms with E-state index in [2.05, 4.69) is 25.9 Å². The Balaban J connectivity index is 1.28. The maximum absolute atomic E-state index is 12.9. The van der Waals surface area contributed by atoms with Crippen LogP contribution >= 0.6 is 34.0 Å². The molecule has 2 atom stereocenters. The van der Waals surface area contributed by atoms with Crippen LogP contribution in [-0.4, -0.2) is 49.3 Å². The van der Waals surface area contributed by atoms with Gasteiger partial charge in [-0.25, -0.2) is 4.98 Å². The highest BCUT2D eigenvalue weighted by Gasteiger charge is 2.23. The molecule has 2 fully saturated rings. The Bertz CT molecular complexity index is 1560. The van der Waals surface area contributed by atoms with Crippen LogP contribution in [0.2, 0.25) is 0 Å². The predicted molar refractivity (Wildman–Crippen MR) is 162 cm³/mol. The average Bonchev–Trinajstić information content (AvgIpc) is 3.58. The summed E-state index contributed by atoms with van der Waals surface area (Å²) >= 11 is 4.65. The van der Waals surface area contributed by atoms with E-state index in [9.17, 15) is 9.59 Å². The standard InChI is InChI=1S/C27H30N6O3S3/c28-18-3-1-2-4-19(18)31-16-10-20(24(27(29)35)30-12-16)32-22-9-15(13-37-22)17-14-38-26-21(34)11-23(39-25(17)26)33-5-7-36-8-6-33/h9-14,18-19,31-32H,1-8,28H2,(H2,29,35)/t18-,19+/m1/s1. The minimum atomic E-state index is -0.598. The molecule has 1 amide bonds. The number of pyridine rings is 1. The number of carbonyl (C=O) groups excluding carboxylic acids is 1. The largest absolute Gasteiger partial charge is 0.379 e. The SMILES string of the molecule is NC(=O)c1ncc(N[C@H]2CCCC[C@H]2N)cc1Nc1cc(-c2csc3c(=O)cc(N4CCOCC4)sc23)cs1. The molecule has 1 aliphatic heterocycles. The molecular weight excluding hydrogens is 553 g/mol. The molecule has 0 unspecified atom stereocenters. The molecule has 4 aromatic heterocycles. The van der Waals surface area contributed by atoms with Crippen molar-refractivity contribution >= 4 is 70.7 Å². The van der Waals surface area contributed by atoms with E-state index in [-0.39, 0.29) is 23.2 Å². The molecule has 9 nitrogen and oxygen atoms in total. The third-order valence-corrected chi connectivity index (χ3v) is 10.4. The third kappa shape index (κ3) is 5.52. The monoisotopic (exact) mass is 582 g/mol. The molecule has 6 rings (SSSR count). The van der Waals surface area contributed by atoms with E-state index in [1.54, 1.807) is 23.6 Å². The average molecular weight is 583 g/mol. The second kappa shape index (κ2) is 11.2. The van der Waals surface area contributed by atoms with Crippen LogP contribution in [0.15, 0.2) is 40.0 Å². The van der Waals surface area contributed by atoms with Gasteiger partial charge in [-0.15, -0.1) is 34.0 Å². The third-order valence-electron chi connectivity index (χ3n) is 7.21. The van der Waals surface area contributed by atoms with Gasteiger partial charge in [-0.3, -0.25) is 9.59 Å². The number of carbonyl (C=O) groups is 1. The van der Waals surface area contributed by atoms with Crippen molar-refractivity contribution in [3.63, 3.8) is 0 Å². The van der Waals surface area contributed by atoms with E-state index in [0.717, 1.165) is 75.0 Å². The molecule has 0 radical (unpaired) electrons. The summed E-state index contributed by atoms with van der Waals surface area (Å²) in [5, 5.41) is 12.8. The normalized spacial score (nSPS) is 19.8. The summed E-state index contributed by atoms with van der Waals surface area (Å²) < 4.78 is 7.24. The number of nitrogens with zero attached hydrogens (tertiary/aromatic N) is 2. The number of nitrogens with two attached hydrogens (primary N) is 2. The van der Waals surface area contributed by atoms with Crippen LogP contribution in [0.4, 0.5) is 21.4 Å². The van der Waals surface area contributed by atoms with E-state index in [0.29, 0.717) is 18.9 Å². The molecule has 6 N–H and O–H groups in total. The van der Waals surface area contributed by atoms with Gasteiger partial charge >= 0.3 is 0 Å². The van der Waals surface area contributed by atoms with Gasteiger partial charge in [0.25, 0.3) is 5.91 Å². The number of amides is 1. The van der Waals surface area contributed by atoms with Gasteiger partial charge in [-0.1, -0.05) is 12.8 Å². The van der Waals surface area contributed by atoms with E-state index in [1.165, 1.54) is 22.7 Å². The van der Waals surface area contributed by atoms with Gasteiger partial charge in [0, 0.05) is 47.6 Å². The van der Waals surface area contributed by atoms with Crippen molar-refractivity contribution in [2.75, 3.05) is 41.8 Å². The minimum absolute atomic E-state index is 0.0502. The van der Waals surface area contributed by atoms with Crippen LogP contribution < -0.4 is 32.4 Å². The number of thiophene rings is 2. The lowest BCUT2D eigenvalue weighted by Gasteiger charge is -2.30. The van der Waals surface area contributed by atoms with Crippen LogP contribution in [0.1, 0.15) is 36.2 Å². The molecule has 5 heterocycles. The molecule has 1 saturated heterocycles. The summed E-state index contributed by atoms with van der Waals surface area (Å²) in [7, 11) is 0. The van der Waals surface area contributed by atoms with Crippen molar-refractivity contribution in [2.24, 2.45) is 11.5 Å². The van der Waals surface area contributed by atoms with Crippen molar-refractivity contribution in [2.45, 2.75) is 37.8 Å². The lowest BCUT2D eigenvalue weighted by atomic mass is 9.91.